The smallest absolute Gasteiger partial charge is 0.219 e. The summed E-state index contributed by atoms with van der Waals surface area (Å²) in [6.45, 7) is 7.89. The Hall–Kier alpha value is -2.67. The maximum absolute atomic E-state index is 13.2. The number of benzene rings is 1. The molecule has 1 heterocycles. The van der Waals surface area contributed by atoms with E-state index in [1.807, 2.05) is 26.8 Å². The summed E-state index contributed by atoms with van der Waals surface area (Å²) in [5.74, 6) is 1.18. The number of hydrogen-bond acceptors (Lipinski definition) is 4. The van der Waals surface area contributed by atoms with Gasteiger partial charge in [0.2, 0.25) is 5.88 Å². The number of nitrogens with zero attached hydrogens (tertiary/aromatic N) is 2. The van der Waals surface area contributed by atoms with E-state index in [1.54, 1.807) is 31.5 Å². The number of rotatable bonds is 8. The van der Waals surface area contributed by atoms with Crippen LogP contribution < -0.4 is 15.4 Å². The molecule has 0 atom stereocenters. The van der Waals surface area contributed by atoms with Crippen molar-refractivity contribution in [1.29, 1.82) is 0 Å². The zero-order valence-electron chi connectivity index (χ0n) is 16.3. The average molecular weight is 374 g/mol. The first-order chi connectivity index (χ1) is 12.9. The summed E-state index contributed by atoms with van der Waals surface area (Å²) < 4.78 is 24.1. The molecule has 2 rings (SSSR count). The molecule has 7 heteroatoms. The van der Waals surface area contributed by atoms with Crippen molar-refractivity contribution >= 4 is 5.96 Å². The van der Waals surface area contributed by atoms with E-state index in [0.717, 1.165) is 12.1 Å². The zero-order chi connectivity index (χ0) is 19.7. The minimum Gasteiger partial charge on any atom is -0.439 e. The Morgan fingerprint density at radius 3 is 2.67 bits per heavy atom. The second kappa shape index (κ2) is 9.87. The highest BCUT2D eigenvalue weighted by atomic mass is 19.1. The van der Waals surface area contributed by atoms with Gasteiger partial charge in [0, 0.05) is 38.5 Å². The number of nitrogens with one attached hydrogen (secondary N) is 2. The maximum Gasteiger partial charge on any atom is 0.219 e. The number of ether oxygens (including phenoxy) is 2. The molecule has 0 bridgehead atoms. The van der Waals surface area contributed by atoms with Crippen LogP contribution in [0.2, 0.25) is 0 Å². The first-order valence-corrected chi connectivity index (χ1v) is 8.87. The Labute approximate surface area is 159 Å². The lowest BCUT2D eigenvalue weighted by molar-refractivity contribution is 0.0268. The molecular weight excluding hydrogens is 347 g/mol. The summed E-state index contributed by atoms with van der Waals surface area (Å²) in [7, 11) is 1.69. The number of aromatic nitrogens is 1. The molecule has 2 N–H and O–H groups in total. The highest BCUT2D eigenvalue weighted by Gasteiger charge is 2.16. The second-order valence-corrected chi connectivity index (χ2v) is 6.58. The number of hydrogen-bond donors (Lipinski definition) is 2. The fourth-order valence-corrected chi connectivity index (χ4v) is 2.10. The van der Waals surface area contributed by atoms with Gasteiger partial charge in [-0.3, -0.25) is 0 Å². The van der Waals surface area contributed by atoms with Crippen molar-refractivity contribution in [3.05, 3.63) is 54.0 Å². The number of halogens is 1. The summed E-state index contributed by atoms with van der Waals surface area (Å²) in [5.41, 5.74) is 0.651. The van der Waals surface area contributed by atoms with E-state index >= 15 is 0 Å². The van der Waals surface area contributed by atoms with Crippen LogP contribution in [0.4, 0.5) is 4.39 Å². The van der Waals surface area contributed by atoms with Crippen molar-refractivity contribution in [3.63, 3.8) is 0 Å². The molecule has 0 radical (unpaired) electrons. The van der Waals surface area contributed by atoms with Crippen molar-refractivity contribution in [2.45, 2.75) is 32.9 Å². The highest BCUT2D eigenvalue weighted by molar-refractivity contribution is 5.79. The number of methoxy groups -OCH3 is 1. The van der Waals surface area contributed by atoms with Crippen LogP contribution in [0.3, 0.4) is 0 Å². The van der Waals surface area contributed by atoms with Crippen molar-refractivity contribution in [1.82, 2.24) is 15.6 Å². The predicted molar refractivity (Wildman–Crippen MR) is 105 cm³/mol. The van der Waals surface area contributed by atoms with E-state index < -0.39 is 0 Å². The van der Waals surface area contributed by atoms with Gasteiger partial charge in [0.15, 0.2) is 5.96 Å². The van der Waals surface area contributed by atoms with Crippen LogP contribution >= 0.6 is 0 Å². The highest BCUT2D eigenvalue weighted by Crippen LogP contribution is 2.20. The summed E-state index contributed by atoms with van der Waals surface area (Å²) in [5, 5.41) is 6.47. The standard InChI is InChI=1S/C20H27FN4O2/c1-5-22-19(25-14-20(2,3)26-4)24-13-15-9-10-18(23-12-15)27-17-8-6-7-16(21)11-17/h6-12H,5,13-14H2,1-4H3,(H2,22,24,25). The Balaban J connectivity index is 1.95. The number of aliphatic imine (C=N–C) groups is 1. The normalized spacial score (nSPS) is 12.0. The summed E-state index contributed by atoms with van der Waals surface area (Å²) in [6, 6.07) is 9.57. The monoisotopic (exact) mass is 374 g/mol. The molecule has 0 fully saturated rings. The molecule has 2 aromatic rings. The van der Waals surface area contributed by atoms with E-state index in [-0.39, 0.29) is 11.4 Å². The van der Waals surface area contributed by atoms with E-state index in [0.29, 0.717) is 30.7 Å². The molecule has 0 aliphatic rings. The van der Waals surface area contributed by atoms with Gasteiger partial charge in [-0.05, 0) is 38.5 Å². The Morgan fingerprint density at radius 2 is 2.04 bits per heavy atom. The van der Waals surface area contributed by atoms with Gasteiger partial charge >= 0.3 is 0 Å². The molecule has 0 saturated carbocycles. The minimum atomic E-state index is -0.349. The fourth-order valence-electron chi connectivity index (χ4n) is 2.10. The van der Waals surface area contributed by atoms with Gasteiger partial charge in [0.25, 0.3) is 0 Å². The van der Waals surface area contributed by atoms with Crippen LogP contribution in [0, 0.1) is 5.82 Å². The van der Waals surface area contributed by atoms with Crippen molar-refractivity contribution in [2.75, 3.05) is 20.2 Å². The van der Waals surface area contributed by atoms with Gasteiger partial charge in [-0.2, -0.15) is 0 Å². The molecule has 1 aromatic carbocycles. The molecule has 6 nitrogen and oxygen atoms in total. The molecule has 0 spiro atoms. The third-order valence-corrected chi connectivity index (χ3v) is 3.81. The van der Waals surface area contributed by atoms with E-state index in [2.05, 4.69) is 20.6 Å². The minimum absolute atomic E-state index is 0.284. The number of guanidine groups is 1. The molecule has 27 heavy (non-hydrogen) atoms. The van der Waals surface area contributed by atoms with Crippen LogP contribution in [-0.4, -0.2) is 36.7 Å². The van der Waals surface area contributed by atoms with E-state index in [9.17, 15) is 4.39 Å². The molecular formula is C20H27FN4O2. The maximum atomic E-state index is 13.2. The molecule has 0 amide bonds. The SMILES string of the molecule is CCNC(=NCc1ccc(Oc2cccc(F)c2)nc1)NCC(C)(C)OC. The third kappa shape index (κ3) is 7.22. The summed E-state index contributed by atoms with van der Waals surface area (Å²) in [6.07, 6.45) is 1.70. The van der Waals surface area contributed by atoms with Crippen LogP contribution in [0.25, 0.3) is 0 Å². The average Bonchev–Trinajstić information content (AvgIpc) is 2.65. The van der Waals surface area contributed by atoms with Gasteiger partial charge in [-0.1, -0.05) is 12.1 Å². The van der Waals surface area contributed by atoms with E-state index in [4.69, 9.17) is 9.47 Å². The molecule has 146 valence electrons. The van der Waals surface area contributed by atoms with Crippen molar-refractivity contribution < 1.29 is 13.9 Å². The lowest BCUT2D eigenvalue weighted by atomic mass is 10.1. The van der Waals surface area contributed by atoms with Gasteiger partial charge in [0.05, 0.1) is 12.1 Å². The van der Waals surface area contributed by atoms with Gasteiger partial charge in [-0.15, -0.1) is 0 Å². The lowest BCUT2D eigenvalue weighted by Crippen LogP contribution is -2.45. The molecule has 0 saturated heterocycles. The lowest BCUT2D eigenvalue weighted by Gasteiger charge is -2.24. The van der Waals surface area contributed by atoms with Gasteiger partial charge < -0.3 is 20.1 Å². The molecule has 0 aliphatic heterocycles. The topological polar surface area (TPSA) is 67.8 Å². The second-order valence-electron chi connectivity index (χ2n) is 6.58. The van der Waals surface area contributed by atoms with Gasteiger partial charge in [0.1, 0.15) is 11.6 Å². The molecule has 0 unspecified atom stereocenters. The summed E-state index contributed by atoms with van der Waals surface area (Å²) in [4.78, 5) is 8.81. The zero-order valence-corrected chi connectivity index (χ0v) is 16.3. The first kappa shape index (κ1) is 20.6. The Morgan fingerprint density at radius 1 is 1.22 bits per heavy atom. The molecule has 0 aliphatic carbocycles. The van der Waals surface area contributed by atoms with E-state index in [1.165, 1.54) is 12.1 Å². The predicted octanol–water partition coefficient (Wildman–Crippen LogP) is 3.49. The largest absolute Gasteiger partial charge is 0.439 e. The third-order valence-electron chi connectivity index (χ3n) is 3.81. The quantitative estimate of drug-likeness (QED) is 0.547. The summed E-state index contributed by atoms with van der Waals surface area (Å²) >= 11 is 0. The van der Waals surface area contributed by atoms with Gasteiger partial charge in [-0.25, -0.2) is 14.4 Å². The Kier molecular flexibility index (Phi) is 7.55. The van der Waals surface area contributed by atoms with Crippen LogP contribution in [0.5, 0.6) is 11.6 Å². The van der Waals surface area contributed by atoms with Crippen LogP contribution in [-0.2, 0) is 11.3 Å². The van der Waals surface area contributed by atoms with Crippen molar-refractivity contribution in [3.8, 4) is 11.6 Å². The molecule has 1 aromatic heterocycles. The van der Waals surface area contributed by atoms with Crippen LogP contribution in [0.15, 0.2) is 47.6 Å². The van der Waals surface area contributed by atoms with Crippen molar-refractivity contribution in [2.24, 2.45) is 4.99 Å². The fraction of sp³-hybridized carbons (Fsp3) is 0.400. The number of pyridine rings is 1. The van der Waals surface area contributed by atoms with Crippen LogP contribution in [0.1, 0.15) is 26.3 Å². The Bertz CT molecular complexity index is 748. The first-order valence-electron chi connectivity index (χ1n) is 8.87.